The van der Waals surface area contributed by atoms with Gasteiger partial charge in [0.2, 0.25) is 21.8 Å². The average Bonchev–Trinajstić information content (AvgIpc) is 3.63. The topological polar surface area (TPSA) is 140 Å². The lowest BCUT2D eigenvalue weighted by Gasteiger charge is -2.47. The zero-order chi connectivity index (χ0) is 27.9. The Balaban J connectivity index is 1.28. The molecule has 1 saturated heterocycles. The van der Waals surface area contributed by atoms with E-state index in [9.17, 15) is 18.0 Å². The number of aromatic nitrogens is 1. The van der Waals surface area contributed by atoms with Crippen LogP contribution in [0.3, 0.4) is 0 Å². The highest BCUT2D eigenvalue weighted by Gasteiger charge is 2.62. The summed E-state index contributed by atoms with van der Waals surface area (Å²) in [5.74, 6) is -0.145. The number of hydrogen-bond donors (Lipinski definition) is 2. The van der Waals surface area contributed by atoms with Gasteiger partial charge in [0.1, 0.15) is 5.41 Å². The lowest BCUT2D eigenvalue weighted by Crippen LogP contribution is -2.67. The molecule has 0 bridgehead atoms. The number of primary sulfonamides is 1. The van der Waals surface area contributed by atoms with Crippen LogP contribution in [0.4, 0.5) is 5.69 Å². The summed E-state index contributed by atoms with van der Waals surface area (Å²) >= 11 is 0. The molecule has 2 aliphatic heterocycles. The maximum absolute atomic E-state index is 14.1. The summed E-state index contributed by atoms with van der Waals surface area (Å²) in [7, 11) is -3.84. The molecule has 1 aromatic heterocycles. The van der Waals surface area contributed by atoms with E-state index in [-0.39, 0.29) is 23.3 Å². The lowest BCUT2D eigenvalue weighted by atomic mass is 9.74. The average molecular weight is 554 g/mol. The fourth-order valence-electron chi connectivity index (χ4n) is 6.08. The summed E-state index contributed by atoms with van der Waals surface area (Å²) in [5, 5.41) is 7.17. The highest BCUT2D eigenvalue weighted by Crippen LogP contribution is 2.49. The Morgan fingerprint density at radius 3 is 2.33 bits per heavy atom. The number of nitrogens with two attached hydrogens (primary N) is 2. The minimum absolute atomic E-state index is 0.0196. The van der Waals surface area contributed by atoms with Crippen LogP contribution < -0.4 is 15.8 Å². The Hall–Kier alpha value is -4.12. The van der Waals surface area contributed by atoms with Crippen molar-refractivity contribution in [2.24, 2.45) is 10.9 Å². The van der Waals surface area contributed by atoms with Gasteiger partial charge in [0, 0.05) is 35.9 Å². The van der Waals surface area contributed by atoms with Crippen LogP contribution >= 0.6 is 0 Å². The minimum atomic E-state index is -3.84. The molecule has 1 spiro atoms. The van der Waals surface area contributed by atoms with Gasteiger partial charge in [-0.3, -0.25) is 14.6 Å². The highest BCUT2D eigenvalue weighted by molar-refractivity contribution is 7.89. The first-order valence-electron chi connectivity index (χ1n) is 13.1. The smallest absolute Gasteiger partial charge is 0.242 e. The predicted octanol–water partition coefficient (Wildman–Crippen LogP) is 2.67. The molecule has 2 fully saturated rings. The maximum atomic E-state index is 14.1. The number of pyridine rings is 1. The van der Waals surface area contributed by atoms with Gasteiger partial charge in [-0.25, -0.2) is 13.6 Å². The Morgan fingerprint density at radius 1 is 0.950 bits per heavy atom. The van der Waals surface area contributed by atoms with Gasteiger partial charge in [-0.2, -0.15) is 0 Å². The van der Waals surface area contributed by atoms with Crippen LogP contribution in [-0.2, 0) is 31.6 Å². The van der Waals surface area contributed by atoms with Crippen LogP contribution in [0.15, 0.2) is 83.9 Å². The number of anilines is 1. The van der Waals surface area contributed by atoms with Crippen molar-refractivity contribution in [2.75, 3.05) is 18.0 Å². The van der Waals surface area contributed by atoms with Crippen LogP contribution in [-0.4, -0.2) is 48.7 Å². The number of carbonyl (C=O) groups is 2. The molecule has 4 aromatic rings. The number of benzene rings is 3. The second kappa shape index (κ2) is 8.44. The number of hydrogen-bond acceptors (Lipinski definition) is 6. The van der Waals surface area contributed by atoms with Gasteiger partial charge < -0.3 is 15.5 Å². The van der Waals surface area contributed by atoms with E-state index in [2.05, 4.69) is 0 Å². The number of carbonyl (C=O) groups excluding carboxylic acids is 2. The largest absolute Gasteiger partial charge is 0.338 e. The van der Waals surface area contributed by atoms with Gasteiger partial charge >= 0.3 is 0 Å². The maximum Gasteiger partial charge on any atom is 0.242 e. The van der Waals surface area contributed by atoms with Crippen molar-refractivity contribution in [1.82, 2.24) is 9.88 Å². The van der Waals surface area contributed by atoms with Gasteiger partial charge in [-0.1, -0.05) is 54.6 Å². The Labute approximate surface area is 231 Å². The molecule has 1 saturated carbocycles. The van der Waals surface area contributed by atoms with Gasteiger partial charge in [-0.15, -0.1) is 0 Å². The molecule has 3 aromatic carbocycles. The number of para-hydroxylation sites is 1. The monoisotopic (exact) mass is 553 g/mol. The van der Waals surface area contributed by atoms with E-state index in [1.54, 1.807) is 28.1 Å². The van der Waals surface area contributed by atoms with E-state index < -0.39 is 21.0 Å². The van der Waals surface area contributed by atoms with E-state index >= 15 is 0 Å². The molecule has 0 unspecified atom stereocenters. The molecular weight excluding hydrogens is 526 g/mol. The van der Waals surface area contributed by atoms with Crippen molar-refractivity contribution in [3.05, 3.63) is 90.3 Å². The molecule has 0 radical (unpaired) electrons. The Morgan fingerprint density at radius 2 is 1.62 bits per heavy atom. The van der Waals surface area contributed by atoms with Crippen LogP contribution in [0.2, 0.25) is 0 Å². The number of likely N-dealkylation sites (tertiary alicyclic amines) is 1. The zero-order valence-corrected chi connectivity index (χ0v) is 22.4. The van der Waals surface area contributed by atoms with Gasteiger partial charge in [0.05, 0.1) is 22.7 Å². The first-order valence-corrected chi connectivity index (χ1v) is 14.7. The summed E-state index contributed by atoms with van der Waals surface area (Å²) in [4.78, 5) is 35.3. The summed E-state index contributed by atoms with van der Waals surface area (Å²) in [6.07, 6.45) is 3.15. The van der Waals surface area contributed by atoms with Crippen LogP contribution in [0.5, 0.6) is 0 Å². The number of amides is 2. The summed E-state index contributed by atoms with van der Waals surface area (Å²) < 4.78 is 23.7. The molecular formula is C30H27N5O4S. The third kappa shape index (κ3) is 3.67. The third-order valence-electron chi connectivity index (χ3n) is 8.45. The van der Waals surface area contributed by atoms with Gasteiger partial charge in [0.15, 0.2) is 0 Å². The summed E-state index contributed by atoms with van der Waals surface area (Å²) in [6.45, 7) is 0.831. The van der Waals surface area contributed by atoms with Crippen molar-refractivity contribution in [3.63, 3.8) is 0 Å². The van der Waals surface area contributed by atoms with E-state index in [0.29, 0.717) is 31.6 Å². The number of rotatable bonds is 5. The standard InChI is InChI=1S/C30H27N5O4S/c31-30(13-14-30)28(37)34-17-29(18-34)23-7-3-4-8-25(23)35(27(29)36)16-24-26(22-6-2-1-5-20(22)15-33-24)19-9-11-21(12-10-19)40(32,38)39/h1-12,15H,13-14,16-18,31H2,(H2,32,38,39). The second-order valence-electron chi connectivity index (χ2n) is 11.0. The van der Waals surface area contributed by atoms with Gasteiger partial charge in [0.25, 0.3) is 0 Å². The molecule has 40 heavy (non-hydrogen) atoms. The predicted molar refractivity (Wildman–Crippen MR) is 151 cm³/mol. The normalized spacial score (nSPS) is 18.6. The van der Waals surface area contributed by atoms with Crippen molar-refractivity contribution in [1.29, 1.82) is 0 Å². The van der Waals surface area contributed by atoms with E-state index in [1.807, 2.05) is 48.5 Å². The third-order valence-corrected chi connectivity index (χ3v) is 9.38. The fourth-order valence-corrected chi connectivity index (χ4v) is 6.59. The number of nitrogens with zero attached hydrogens (tertiary/aromatic N) is 3. The molecule has 1 aliphatic carbocycles. The van der Waals surface area contributed by atoms with E-state index in [1.165, 1.54) is 12.1 Å². The molecule has 0 atom stereocenters. The second-order valence-corrected chi connectivity index (χ2v) is 12.6. The molecule has 2 amide bonds. The summed E-state index contributed by atoms with van der Waals surface area (Å²) in [6, 6.07) is 21.9. The lowest BCUT2D eigenvalue weighted by molar-refractivity contribution is -0.146. The van der Waals surface area contributed by atoms with Crippen LogP contribution in [0, 0.1) is 0 Å². The fraction of sp³-hybridized carbons (Fsp3) is 0.233. The SMILES string of the molecule is NC1(C(=O)N2CC3(C2)C(=O)N(Cc2ncc4ccccc4c2-c2ccc(S(N)(=O)=O)cc2)c2ccccc23)CC1. The minimum Gasteiger partial charge on any atom is -0.338 e. The molecule has 7 rings (SSSR count). The molecule has 10 heteroatoms. The Bertz CT molecular complexity index is 1830. The van der Waals surface area contributed by atoms with E-state index in [4.69, 9.17) is 15.9 Å². The Kier molecular flexibility index (Phi) is 5.25. The first-order chi connectivity index (χ1) is 19.1. The summed E-state index contributed by atoms with van der Waals surface area (Å²) in [5.41, 5.74) is 8.55. The van der Waals surface area contributed by atoms with Crippen LogP contribution in [0.25, 0.3) is 21.9 Å². The van der Waals surface area contributed by atoms with Crippen LogP contribution in [0.1, 0.15) is 24.1 Å². The molecule has 3 heterocycles. The molecule has 9 nitrogen and oxygen atoms in total. The van der Waals surface area contributed by atoms with Crippen molar-refractivity contribution < 1.29 is 18.0 Å². The first kappa shape index (κ1) is 24.9. The zero-order valence-electron chi connectivity index (χ0n) is 21.6. The molecule has 202 valence electrons. The number of fused-ring (bicyclic) bond motifs is 3. The van der Waals surface area contributed by atoms with Gasteiger partial charge in [-0.05, 0) is 47.6 Å². The molecule has 3 aliphatic rings. The highest BCUT2D eigenvalue weighted by atomic mass is 32.2. The molecule has 4 N–H and O–H groups in total. The van der Waals surface area contributed by atoms with Crippen molar-refractivity contribution >= 4 is 38.3 Å². The van der Waals surface area contributed by atoms with Crippen molar-refractivity contribution in [2.45, 2.75) is 35.2 Å². The number of sulfonamides is 1. The quantitative estimate of drug-likeness (QED) is 0.390. The van der Waals surface area contributed by atoms with Crippen molar-refractivity contribution in [3.8, 4) is 11.1 Å². The van der Waals surface area contributed by atoms with E-state index in [0.717, 1.165) is 33.2 Å².